The standard InChI is InChI=1S/C3H6BFO2.H2O/c1-2-3-7-4(5)6;/h2,6H,1,3H2;1H2. The third kappa shape index (κ3) is 9.15. The van der Waals surface area contributed by atoms with Gasteiger partial charge in [-0.3, -0.25) is 4.32 Å². The van der Waals surface area contributed by atoms with Crippen molar-refractivity contribution >= 4 is 7.40 Å². The molecule has 0 saturated heterocycles. The highest BCUT2D eigenvalue weighted by Crippen LogP contribution is 1.79. The molecular formula is C3H8BFO3. The lowest BCUT2D eigenvalue weighted by atomic mass is 10.3. The van der Waals surface area contributed by atoms with Crippen LogP contribution in [0.3, 0.4) is 0 Å². The highest BCUT2D eigenvalue weighted by molar-refractivity contribution is 6.33. The minimum absolute atomic E-state index is 0. The van der Waals surface area contributed by atoms with Crippen molar-refractivity contribution in [1.29, 1.82) is 0 Å². The van der Waals surface area contributed by atoms with E-state index < -0.39 is 7.40 Å². The van der Waals surface area contributed by atoms with Crippen LogP contribution in [0.25, 0.3) is 0 Å². The molecule has 0 fully saturated rings. The molecule has 48 valence electrons. The average Bonchev–Trinajstić information content (AvgIpc) is 1.61. The lowest BCUT2D eigenvalue weighted by Gasteiger charge is -1.90. The van der Waals surface area contributed by atoms with Crippen LogP contribution in [-0.2, 0) is 4.65 Å². The minimum atomic E-state index is -2.17. The molecule has 5 heteroatoms. The van der Waals surface area contributed by atoms with Crippen molar-refractivity contribution < 1.29 is 19.5 Å². The number of rotatable bonds is 3. The topological polar surface area (TPSA) is 61.0 Å². The number of hydrogen-bond acceptors (Lipinski definition) is 2. The molecule has 0 spiro atoms. The van der Waals surface area contributed by atoms with E-state index in [1.807, 2.05) is 0 Å². The van der Waals surface area contributed by atoms with Gasteiger partial charge in [-0.15, -0.1) is 6.58 Å². The van der Waals surface area contributed by atoms with Gasteiger partial charge >= 0.3 is 7.40 Å². The molecule has 0 atom stereocenters. The van der Waals surface area contributed by atoms with Gasteiger partial charge in [0, 0.05) is 0 Å². The Hall–Kier alpha value is -0.385. The summed E-state index contributed by atoms with van der Waals surface area (Å²) in [7, 11) is -2.17. The van der Waals surface area contributed by atoms with Crippen molar-refractivity contribution in [2.45, 2.75) is 0 Å². The van der Waals surface area contributed by atoms with Crippen molar-refractivity contribution in [2.75, 3.05) is 6.61 Å². The number of halogens is 1. The summed E-state index contributed by atoms with van der Waals surface area (Å²) in [5, 5.41) is 7.75. The van der Waals surface area contributed by atoms with Crippen LogP contribution in [0.2, 0.25) is 0 Å². The zero-order valence-corrected chi connectivity index (χ0v) is 4.30. The molecule has 0 aromatic heterocycles. The summed E-state index contributed by atoms with van der Waals surface area (Å²) in [5.74, 6) is 0. The quantitative estimate of drug-likeness (QED) is 0.397. The van der Waals surface area contributed by atoms with E-state index in [0.717, 1.165) is 0 Å². The van der Waals surface area contributed by atoms with E-state index in [9.17, 15) is 4.32 Å². The van der Waals surface area contributed by atoms with E-state index >= 15 is 0 Å². The number of hydrogen-bond donors (Lipinski definition) is 1. The Balaban J connectivity index is 0. The second-order valence-electron chi connectivity index (χ2n) is 0.914. The summed E-state index contributed by atoms with van der Waals surface area (Å²) < 4.78 is 15.1. The molecule has 0 aliphatic carbocycles. The van der Waals surface area contributed by atoms with E-state index in [1.54, 1.807) is 0 Å². The Morgan fingerprint density at radius 2 is 2.38 bits per heavy atom. The van der Waals surface area contributed by atoms with Crippen molar-refractivity contribution in [1.82, 2.24) is 0 Å². The lowest BCUT2D eigenvalue weighted by molar-refractivity contribution is 0.247. The van der Waals surface area contributed by atoms with Crippen molar-refractivity contribution in [2.24, 2.45) is 0 Å². The van der Waals surface area contributed by atoms with E-state index in [0.29, 0.717) is 0 Å². The Labute approximate surface area is 47.3 Å². The van der Waals surface area contributed by atoms with Gasteiger partial charge in [0.2, 0.25) is 0 Å². The molecule has 0 aliphatic rings. The molecule has 8 heavy (non-hydrogen) atoms. The average molecular weight is 122 g/mol. The fourth-order valence-electron chi connectivity index (χ4n) is 0.147. The third-order valence-corrected chi connectivity index (χ3v) is 0.352. The summed E-state index contributed by atoms with van der Waals surface area (Å²) in [6.45, 7) is 3.27. The molecule has 3 N–H and O–H groups in total. The first-order valence-corrected chi connectivity index (χ1v) is 1.82. The Kier molecular flexibility index (Phi) is 8.74. The third-order valence-electron chi connectivity index (χ3n) is 0.352. The van der Waals surface area contributed by atoms with Crippen LogP contribution in [0.5, 0.6) is 0 Å². The van der Waals surface area contributed by atoms with Crippen LogP contribution in [-0.4, -0.2) is 24.5 Å². The molecule has 0 amide bonds. The van der Waals surface area contributed by atoms with Crippen LogP contribution >= 0.6 is 0 Å². The van der Waals surface area contributed by atoms with Gasteiger partial charge in [0.15, 0.2) is 0 Å². The summed E-state index contributed by atoms with van der Waals surface area (Å²) in [6, 6.07) is 0. The van der Waals surface area contributed by atoms with Gasteiger partial charge in [0.05, 0.1) is 6.61 Å². The second-order valence-corrected chi connectivity index (χ2v) is 0.914. The van der Waals surface area contributed by atoms with Gasteiger partial charge in [-0.1, -0.05) is 6.08 Å². The summed E-state index contributed by atoms with van der Waals surface area (Å²) in [4.78, 5) is 0. The van der Waals surface area contributed by atoms with Crippen LogP contribution in [0.4, 0.5) is 4.32 Å². The fraction of sp³-hybridized carbons (Fsp3) is 0.333. The maximum atomic E-state index is 11.2. The first-order valence-electron chi connectivity index (χ1n) is 1.82. The largest absolute Gasteiger partial charge is 0.677 e. The molecule has 0 unspecified atom stereocenters. The fourth-order valence-corrected chi connectivity index (χ4v) is 0.147. The smallest absolute Gasteiger partial charge is 0.412 e. The van der Waals surface area contributed by atoms with E-state index in [-0.39, 0.29) is 12.1 Å². The molecule has 0 saturated carbocycles. The predicted octanol–water partition coefficient (Wildman–Crippen LogP) is -0.689. The van der Waals surface area contributed by atoms with Crippen LogP contribution < -0.4 is 0 Å². The lowest BCUT2D eigenvalue weighted by Crippen LogP contribution is -2.09. The molecule has 0 heterocycles. The monoisotopic (exact) mass is 122 g/mol. The molecule has 3 nitrogen and oxygen atoms in total. The van der Waals surface area contributed by atoms with Crippen molar-refractivity contribution in [3.8, 4) is 0 Å². The van der Waals surface area contributed by atoms with Gasteiger partial charge in [0.1, 0.15) is 0 Å². The van der Waals surface area contributed by atoms with Gasteiger partial charge in [-0.05, 0) is 0 Å². The Bertz CT molecular complexity index is 58.5. The van der Waals surface area contributed by atoms with Gasteiger partial charge in [-0.25, -0.2) is 0 Å². The molecule has 0 bridgehead atoms. The van der Waals surface area contributed by atoms with Crippen LogP contribution in [0.15, 0.2) is 12.7 Å². The molecule has 0 aromatic carbocycles. The maximum absolute atomic E-state index is 11.2. The first-order chi connectivity index (χ1) is 3.27. The SMILES string of the molecule is C=CCOB(O)F.O. The summed E-state index contributed by atoms with van der Waals surface area (Å²) in [6.07, 6.45) is 1.35. The highest BCUT2D eigenvalue weighted by Gasteiger charge is 2.07. The van der Waals surface area contributed by atoms with Gasteiger partial charge in [0.25, 0.3) is 0 Å². The van der Waals surface area contributed by atoms with E-state index in [2.05, 4.69) is 11.2 Å². The molecule has 0 aromatic rings. The van der Waals surface area contributed by atoms with E-state index in [1.165, 1.54) is 6.08 Å². The van der Waals surface area contributed by atoms with Gasteiger partial charge < -0.3 is 15.2 Å². The first kappa shape index (κ1) is 10.6. The minimum Gasteiger partial charge on any atom is -0.412 e. The highest BCUT2D eigenvalue weighted by atomic mass is 19.1. The molecular weight excluding hydrogens is 114 g/mol. The summed E-state index contributed by atoms with van der Waals surface area (Å²) in [5.41, 5.74) is 0. The van der Waals surface area contributed by atoms with Crippen LogP contribution in [0.1, 0.15) is 0 Å². The Morgan fingerprint density at radius 1 is 1.88 bits per heavy atom. The van der Waals surface area contributed by atoms with Gasteiger partial charge in [-0.2, -0.15) is 0 Å². The molecule has 0 rings (SSSR count). The van der Waals surface area contributed by atoms with E-state index in [4.69, 9.17) is 5.02 Å². The zero-order valence-electron chi connectivity index (χ0n) is 4.30. The van der Waals surface area contributed by atoms with Crippen molar-refractivity contribution in [3.05, 3.63) is 12.7 Å². The molecule has 0 aliphatic heterocycles. The molecule has 0 radical (unpaired) electrons. The summed E-state index contributed by atoms with van der Waals surface area (Å²) >= 11 is 0. The van der Waals surface area contributed by atoms with Crippen LogP contribution in [0, 0.1) is 0 Å². The maximum Gasteiger partial charge on any atom is 0.677 e. The zero-order chi connectivity index (χ0) is 5.70. The van der Waals surface area contributed by atoms with Crippen molar-refractivity contribution in [3.63, 3.8) is 0 Å². The Morgan fingerprint density at radius 3 is 2.50 bits per heavy atom. The normalized spacial score (nSPS) is 7.25. The predicted molar refractivity (Wildman–Crippen MR) is 28.8 cm³/mol. The second kappa shape index (κ2) is 6.61.